The Bertz CT molecular complexity index is 1750. The molecule has 190 valence electrons. The van der Waals surface area contributed by atoms with Crippen LogP contribution in [0.3, 0.4) is 0 Å². The fraction of sp³-hybridized carbons (Fsp3) is 0.103. The molecule has 0 aliphatic heterocycles. The highest BCUT2D eigenvalue weighted by molar-refractivity contribution is 9.10. The van der Waals surface area contributed by atoms with Gasteiger partial charge in [0.1, 0.15) is 11.6 Å². The van der Waals surface area contributed by atoms with Crippen molar-refractivity contribution in [3.05, 3.63) is 110 Å². The van der Waals surface area contributed by atoms with Crippen LogP contribution in [-0.4, -0.2) is 28.4 Å². The van der Waals surface area contributed by atoms with Crippen LogP contribution >= 0.6 is 27.5 Å². The fourth-order valence-electron chi connectivity index (χ4n) is 4.07. The SMILES string of the molecule is CCc1nc2ccc(Br)cc2c(=O)n1N=Cc1c(OCC(=O)Nc2ccc(Cl)cc2)ccc2ccccc12. The van der Waals surface area contributed by atoms with Gasteiger partial charge in [0.25, 0.3) is 11.5 Å². The zero-order chi connectivity index (χ0) is 26.6. The van der Waals surface area contributed by atoms with Crippen LogP contribution in [0.25, 0.3) is 21.7 Å². The third-order valence-corrected chi connectivity index (χ3v) is 6.66. The molecule has 4 aromatic carbocycles. The molecular formula is C29H22BrClN4O3. The summed E-state index contributed by atoms with van der Waals surface area (Å²) in [4.78, 5) is 30.5. The summed E-state index contributed by atoms with van der Waals surface area (Å²) in [5.41, 5.74) is 1.60. The van der Waals surface area contributed by atoms with Gasteiger partial charge in [-0.1, -0.05) is 64.8 Å². The van der Waals surface area contributed by atoms with E-state index in [0.717, 1.165) is 15.2 Å². The Morgan fingerprint density at radius 1 is 1.08 bits per heavy atom. The van der Waals surface area contributed by atoms with Gasteiger partial charge in [0.15, 0.2) is 6.61 Å². The van der Waals surface area contributed by atoms with Crippen molar-refractivity contribution in [2.75, 3.05) is 11.9 Å². The summed E-state index contributed by atoms with van der Waals surface area (Å²) in [5.74, 6) is 0.671. The number of nitrogens with zero attached hydrogens (tertiary/aromatic N) is 3. The minimum atomic E-state index is -0.322. The maximum absolute atomic E-state index is 13.3. The molecule has 9 heteroatoms. The molecule has 0 unspecified atom stereocenters. The monoisotopic (exact) mass is 588 g/mol. The molecule has 1 N–H and O–H groups in total. The standard InChI is InChI=1S/C29H22BrClN4O3/c1-2-27-34-25-13-8-19(30)15-23(25)29(37)35(27)32-16-24-22-6-4-3-5-18(22)7-14-26(24)38-17-28(36)33-21-11-9-20(31)10-12-21/h3-16H,2,17H2,1H3,(H,33,36). The molecule has 0 fully saturated rings. The molecule has 0 atom stereocenters. The number of ether oxygens (including phenoxy) is 1. The number of halogens is 2. The van der Waals surface area contributed by atoms with Crippen molar-refractivity contribution in [3.63, 3.8) is 0 Å². The van der Waals surface area contributed by atoms with E-state index < -0.39 is 0 Å². The average molecular weight is 590 g/mol. The molecule has 1 aromatic heterocycles. The van der Waals surface area contributed by atoms with Crippen molar-refractivity contribution in [2.24, 2.45) is 5.10 Å². The molecule has 0 saturated heterocycles. The Kier molecular flexibility index (Phi) is 7.53. The molecule has 0 radical (unpaired) electrons. The Morgan fingerprint density at radius 2 is 1.87 bits per heavy atom. The lowest BCUT2D eigenvalue weighted by atomic mass is 10.0. The highest BCUT2D eigenvalue weighted by atomic mass is 79.9. The first-order valence-electron chi connectivity index (χ1n) is 11.9. The van der Waals surface area contributed by atoms with Crippen LogP contribution < -0.4 is 15.6 Å². The fourth-order valence-corrected chi connectivity index (χ4v) is 4.55. The van der Waals surface area contributed by atoms with Crippen molar-refractivity contribution in [3.8, 4) is 5.75 Å². The summed E-state index contributed by atoms with van der Waals surface area (Å²) in [6.45, 7) is 1.71. The van der Waals surface area contributed by atoms with Crippen LogP contribution in [0.15, 0.2) is 93.2 Å². The van der Waals surface area contributed by atoms with Crippen molar-refractivity contribution < 1.29 is 9.53 Å². The van der Waals surface area contributed by atoms with Crippen LogP contribution in [-0.2, 0) is 11.2 Å². The predicted octanol–water partition coefficient (Wildman–Crippen LogP) is 6.43. The Hall–Kier alpha value is -4.01. The maximum atomic E-state index is 13.3. The molecule has 7 nitrogen and oxygen atoms in total. The summed E-state index contributed by atoms with van der Waals surface area (Å²) in [6, 6.07) is 23.7. The van der Waals surface area contributed by atoms with Gasteiger partial charge in [0.2, 0.25) is 0 Å². The molecule has 1 amide bonds. The number of carbonyl (C=O) groups excluding carboxylic acids is 1. The topological polar surface area (TPSA) is 85.6 Å². The second-order valence-electron chi connectivity index (χ2n) is 8.45. The van der Waals surface area contributed by atoms with E-state index in [9.17, 15) is 9.59 Å². The van der Waals surface area contributed by atoms with Gasteiger partial charge in [-0.3, -0.25) is 9.59 Å². The summed E-state index contributed by atoms with van der Waals surface area (Å²) in [6.07, 6.45) is 2.10. The largest absolute Gasteiger partial charge is 0.483 e. The number of amides is 1. The van der Waals surface area contributed by atoms with Crippen LogP contribution in [0.1, 0.15) is 18.3 Å². The van der Waals surface area contributed by atoms with Gasteiger partial charge >= 0.3 is 0 Å². The van der Waals surface area contributed by atoms with Crippen LogP contribution in [0, 0.1) is 0 Å². The molecule has 0 bridgehead atoms. The van der Waals surface area contributed by atoms with Gasteiger partial charge in [0, 0.05) is 27.2 Å². The lowest BCUT2D eigenvalue weighted by Crippen LogP contribution is -2.22. The lowest BCUT2D eigenvalue weighted by molar-refractivity contribution is -0.118. The number of rotatable bonds is 7. The normalized spacial score (nSPS) is 11.3. The van der Waals surface area contributed by atoms with E-state index in [0.29, 0.717) is 45.2 Å². The van der Waals surface area contributed by atoms with Crippen LogP contribution in [0.5, 0.6) is 5.75 Å². The van der Waals surface area contributed by atoms with Crippen molar-refractivity contribution in [1.82, 2.24) is 9.66 Å². The summed E-state index contributed by atoms with van der Waals surface area (Å²) < 4.78 is 8.02. The smallest absolute Gasteiger partial charge is 0.282 e. The lowest BCUT2D eigenvalue weighted by Gasteiger charge is -2.13. The third-order valence-electron chi connectivity index (χ3n) is 5.91. The Labute approximate surface area is 231 Å². The molecule has 0 aliphatic rings. The Balaban J connectivity index is 1.50. The predicted molar refractivity (Wildman–Crippen MR) is 156 cm³/mol. The molecule has 0 saturated carbocycles. The van der Waals surface area contributed by atoms with Crippen LogP contribution in [0.4, 0.5) is 5.69 Å². The zero-order valence-corrected chi connectivity index (χ0v) is 22.7. The van der Waals surface area contributed by atoms with Crippen LogP contribution in [0.2, 0.25) is 5.02 Å². The van der Waals surface area contributed by atoms with Gasteiger partial charge in [-0.15, -0.1) is 0 Å². The van der Waals surface area contributed by atoms with Gasteiger partial charge in [0.05, 0.1) is 17.1 Å². The minimum absolute atomic E-state index is 0.215. The second-order valence-corrected chi connectivity index (χ2v) is 9.80. The number of carbonyl (C=O) groups is 1. The van der Waals surface area contributed by atoms with E-state index in [1.165, 1.54) is 4.68 Å². The van der Waals surface area contributed by atoms with Gasteiger partial charge in [-0.2, -0.15) is 9.78 Å². The zero-order valence-electron chi connectivity index (χ0n) is 20.3. The molecule has 1 heterocycles. The molecule has 5 aromatic rings. The molecule has 5 rings (SSSR count). The number of hydrogen-bond acceptors (Lipinski definition) is 5. The van der Waals surface area contributed by atoms with Gasteiger partial charge in [-0.05, 0) is 59.3 Å². The number of aromatic nitrogens is 2. The first-order chi connectivity index (χ1) is 18.4. The molecule has 0 aliphatic carbocycles. The van der Waals surface area contributed by atoms with E-state index in [4.69, 9.17) is 16.3 Å². The van der Waals surface area contributed by atoms with Crippen molar-refractivity contribution in [2.45, 2.75) is 13.3 Å². The van der Waals surface area contributed by atoms with E-state index in [1.54, 1.807) is 48.7 Å². The number of nitrogens with one attached hydrogen (secondary N) is 1. The third kappa shape index (κ3) is 5.46. The number of aryl methyl sites for hydroxylation is 1. The first-order valence-corrected chi connectivity index (χ1v) is 13.1. The van der Waals surface area contributed by atoms with Gasteiger partial charge in [-0.25, -0.2) is 4.98 Å². The number of fused-ring (bicyclic) bond motifs is 2. The summed E-state index contributed by atoms with van der Waals surface area (Å²) in [7, 11) is 0. The Morgan fingerprint density at radius 3 is 2.66 bits per heavy atom. The molecule has 38 heavy (non-hydrogen) atoms. The molecule has 0 spiro atoms. The highest BCUT2D eigenvalue weighted by Crippen LogP contribution is 2.27. The quantitative estimate of drug-likeness (QED) is 0.222. The summed E-state index contributed by atoms with van der Waals surface area (Å²) in [5, 5.41) is 10.2. The first kappa shape index (κ1) is 25.6. The summed E-state index contributed by atoms with van der Waals surface area (Å²) >= 11 is 9.34. The van der Waals surface area contributed by atoms with E-state index in [1.807, 2.05) is 43.3 Å². The number of benzene rings is 4. The average Bonchev–Trinajstić information content (AvgIpc) is 2.93. The van der Waals surface area contributed by atoms with Crippen molar-refractivity contribution in [1.29, 1.82) is 0 Å². The highest BCUT2D eigenvalue weighted by Gasteiger charge is 2.13. The molecular weight excluding hydrogens is 568 g/mol. The second kappa shape index (κ2) is 11.2. The minimum Gasteiger partial charge on any atom is -0.483 e. The van der Waals surface area contributed by atoms with Gasteiger partial charge < -0.3 is 10.1 Å². The van der Waals surface area contributed by atoms with E-state index in [-0.39, 0.29) is 18.1 Å². The number of anilines is 1. The van der Waals surface area contributed by atoms with Crippen molar-refractivity contribution >= 4 is 67.0 Å². The maximum Gasteiger partial charge on any atom is 0.282 e. The number of hydrogen-bond donors (Lipinski definition) is 1. The van der Waals surface area contributed by atoms with E-state index >= 15 is 0 Å². The van der Waals surface area contributed by atoms with E-state index in [2.05, 4.69) is 31.3 Å².